The van der Waals surface area contributed by atoms with Crippen molar-refractivity contribution in [3.8, 4) is 23.0 Å². The molecule has 0 spiro atoms. The number of nitro groups is 1. The highest BCUT2D eigenvalue weighted by Crippen LogP contribution is 2.50. The Balaban J connectivity index is 0.000000164. The molecule has 19 heteroatoms. The third kappa shape index (κ3) is 17.3. The maximum atomic E-state index is 13.0. The first-order valence-corrected chi connectivity index (χ1v) is 35.3. The summed E-state index contributed by atoms with van der Waals surface area (Å²) in [5.74, 6) is 2.84. The van der Waals surface area contributed by atoms with E-state index in [-0.39, 0.29) is 83.2 Å². The van der Waals surface area contributed by atoms with Crippen molar-refractivity contribution < 1.29 is 57.3 Å². The summed E-state index contributed by atoms with van der Waals surface area (Å²) in [5.41, 5.74) is 15.2. The van der Waals surface area contributed by atoms with E-state index >= 15 is 0 Å². The van der Waals surface area contributed by atoms with E-state index in [0.29, 0.717) is 42.2 Å². The molecule has 6 aromatic rings. The minimum absolute atomic E-state index is 0.0161. The van der Waals surface area contributed by atoms with E-state index in [1.54, 1.807) is 30.0 Å². The van der Waals surface area contributed by atoms with Gasteiger partial charge < -0.3 is 54.6 Å². The smallest absolute Gasteiger partial charge is 0.445 e. The van der Waals surface area contributed by atoms with E-state index in [0.717, 1.165) is 93.7 Å². The SMILES string of the molecule is CCN(C)C(=O)Oc1ccc2c(c1)[C@@]1(C)CCCCC[C@@H](C2)[C@@H]1N.CCN(C)C(=O)Oc1ccc2c(c1)[C@@]1(C)CCCCC[C@@H](C2)[C@@H]1NC(=O)OCc1ccccc1.C[C@@]12CCCCC[C@@H](Cc3ccc(OC(=O)Oc4ccc([N+](=O)[O-])cc4)cc31)[C@@H]2NC(=O)OCc1ccccc1. The number of hydrogen-bond donors (Lipinski definition) is 3. The van der Waals surface area contributed by atoms with Gasteiger partial charge in [-0.15, -0.1) is 0 Å². The van der Waals surface area contributed by atoms with Crippen molar-refractivity contribution in [1.29, 1.82) is 0 Å². The number of rotatable bonds is 13. The van der Waals surface area contributed by atoms with Crippen LogP contribution in [-0.2, 0) is 58.2 Å². The highest BCUT2D eigenvalue weighted by molar-refractivity contribution is 5.72. The summed E-state index contributed by atoms with van der Waals surface area (Å²) < 4.78 is 33.1. The molecule has 3 saturated carbocycles. The first kappa shape index (κ1) is 71.8. The van der Waals surface area contributed by atoms with Gasteiger partial charge in [-0.2, -0.15) is 0 Å². The zero-order valence-electron chi connectivity index (χ0n) is 58.0. The highest BCUT2D eigenvalue weighted by atomic mass is 16.7. The second-order valence-corrected chi connectivity index (χ2v) is 28.3. The fourth-order valence-electron chi connectivity index (χ4n) is 16.0. The molecule has 0 saturated heterocycles. The third-order valence-electron chi connectivity index (χ3n) is 21.8. The number of carbonyl (C=O) groups is 5. The minimum Gasteiger partial charge on any atom is -0.445 e. The molecule has 6 aliphatic rings. The largest absolute Gasteiger partial charge is 0.519 e. The fraction of sp³-hybridized carbons (Fsp3) is 0.481. The lowest BCUT2D eigenvalue weighted by Crippen LogP contribution is -2.57. The van der Waals surface area contributed by atoms with Gasteiger partial charge in [0.1, 0.15) is 36.2 Å². The maximum Gasteiger partial charge on any atom is 0.519 e. The van der Waals surface area contributed by atoms with Gasteiger partial charge in [0.05, 0.1) is 4.92 Å². The van der Waals surface area contributed by atoms with Crippen LogP contribution in [0.1, 0.15) is 175 Å². The molecule has 6 aromatic carbocycles. The van der Waals surface area contributed by atoms with Crippen molar-refractivity contribution in [2.75, 3.05) is 27.2 Å². The van der Waals surface area contributed by atoms with Crippen LogP contribution < -0.4 is 35.3 Å². The number of nitrogens with two attached hydrogens (primary N) is 1. The van der Waals surface area contributed by atoms with Gasteiger partial charge in [-0.05, 0) is 182 Å². The number of amides is 4. The van der Waals surface area contributed by atoms with E-state index in [1.807, 2.05) is 105 Å². The van der Waals surface area contributed by atoms with Gasteiger partial charge in [0, 0.05) is 73.7 Å². The van der Waals surface area contributed by atoms with Crippen LogP contribution in [-0.4, -0.2) is 90.6 Å². The lowest BCUT2D eigenvalue weighted by molar-refractivity contribution is -0.384. The summed E-state index contributed by atoms with van der Waals surface area (Å²) >= 11 is 0. The molecule has 0 aromatic heterocycles. The standard InChI is InChI=1S/C31H32N2O7.C28H36N2O4.C20H30N2O2/c1-31-17-7-3-6-10-23(28(31)32-29(34)38-20-21-8-4-2-5-9-21)18-22-11-14-26(19-27(22)31)40-30(35)39-25-15-12-24(13-16-25)33(36)37;1-4-30(3)27(32)34-23-15-14-21-17-22-13-9-6-10-16-28(2,24(21)18-23)25(22)29-26(31)33-19-20-11-7-5-8-12-20;1-4-22(3)19(23)24-16-10-9-14-12-15-8-6-5-7-11-20(2,18(15)21)17(14)13-16/h2,4-5,8-9,11-16,19,23,28H,3,6-7,10,17-18,20H2,1H3,(H,32,34);5,7-8,11-12,14-15,18,22,25H,4,6,9-10,13,16-17,19H2,1-3H3,(H,29,31);9-10,13,15,18H,4-8,11-12,21H2,1-3H3/t23-,28-,31+;22-,25-,28+;15-,18-,20+/m000/s1. The molecule has 98 heavy (non-hydrogen) atoms. The van der Waals surface area contributed by atoms with E-state index in [1.165, 1.54) is 90.6 Å². The van der Waals surface area contributed by atoms with Crippen LogP contribution in [0.2, 0.25) is 0 Å². The zero-order chi connectivity index (χ0) is 69.6. The Hall–Kier alpha value is -8.97. The van der Waals surface area contributed by atoms with E-state index in [9.17, 15) is 34.1 Å². The van der Waals surface area contributed by atoms with Gasteiger partial charge >= 0.3 is 30.5 Å². The number of nitrogens with one attached hydrogen (secondary N) is 2. The summed E-state index contributed by atoms with van der Waals surface area (Å²) in [5, 5.41) is 17.3. The second-order valence-electron chi connectivity index (χ2n) is 28.3. The van der Waals surface area contributed by atoms with Gasteiger partial charge in [0.2, 0.25) is 0 Å². The normalized spacial score (nSPS) is 24.2. The maximum absolute atomic E-state index is 13.0. The first-order valence-electron chi connectivity index (χ1n) is 35.3. The van der Waals surface area contributed by atoms with Crippen molar-refractivity contribution in [3.05, 3.63) is 194 Å². The number of alkyl carbamates (subject to hydrolysis) is 2. The molecule has 4 N–H and O–H groups in total. The van der Waals surface area contributed by atoms with Crippen LogP contribution in [0.15, 0.2) is 140 Å². The molecule has 6 bridgehead atoms. The molecular weight excluding hydrogens is 1240 g/mol. The van der Waals surface area contributed by atoms with Gasteiger partial charge in [0.15, 0.2) is 0 Å². The van der Waals surface area contributed by atoms with Crippen molar-refractivity contribution >= 4 is 36.2 Å². The number of hydrogen-bond acceptors (Lipinski definition) is 14. The summed E-state index contributed by atoms with van der Waals surface area (Å²) in [4.78, 5) is 76.2. The molecule has 0 aliphatic heterocycles. The molecule has 0 heterocycles. The van der Waals surface area contributed by atoms with E-state index in [4.69, 9.17) is 34.2 Å². The lowest BCUT2D eigenvalue weighted by Gasteiger charge is -2.49. The van der Waals surface area contributed by atoms with E-state index < -0.39 is 17.2 Å². The Morgan fingerprint density at radius 3 is 1.28 bits per heavy atom. The Labute approximate surface area is 576 Å². The Morgan fingerprint density at radius 1 is 0.490 bits per heavy atom. The fourth-order valence-corrected chi connectivity index (χ4v) is 16.0. The second kappa shape index (κ2) is 32.6. The number of carbonyl (C=O) groups excluding carboxylic acids is 5. The molecule has 9 atom stereocenters. The molecule has 522 valence electrons. The highest BCUT2D eigenvalue weighted by Gasteiger charge is 2.49. The van der Waals surface area contributed by atoms with Crippen LogP contribution in [0.4, 0.5) is 29.7 Å². The number of nitro benzene ring substituents is 1. The monoisotopic (exact) mass is 1340 g/mol. The van der Waals surface area contributed by atoms with Gasteiger partial charge in [-0.25, -0.2) is 24.0 Å². The number of non-ortho nitro benzene ring substituents is 1. The molecule has 6 aliphatic carbocycles. The zero-order valence-corrected chi connectivity index (χ0v) is 58.0. The molecule has 12 rings (SSSR count). The third-order valence-corrected chi connectivity index (χ3v) is 21.8. The Kier molecular flexibility index (Phi) is 23.9. The van der Waals surface area contributed by atoms with Crippen LogP contribution in [0.25, 0.3) is 0 Å². The van der Waals surface area contributed by atoms with Crippen molar-refractivity contribution in [1.82, 2.24) is 20.4 Å². The number of benzene rings is 6. The van der Waals surface area contributed by atoms with Crippen LogP contribution in [0, 0.1) is 27.9 Å². The van der Waals surface area contributed by atoms with Crippen molar-refractivity contribution in [2.24, 2.45) is 23.5 Å². The molecule has 4 amide bonds. The summed E-state index contributed by atoms with van der Waals surface area (Å²) in [6.07, 6.45) is 17.2. The summed E-state index contributed by atoms with van der Waals surface area (Å²) in [7, 11) is 3.47. The van der Waals surface area contributed by atoms with Gasteiger partial charge in [0.25, 0.3) is 5.69 Å². The van der Waals surface area contributed by atoms with Crippen molar-refractivity contribution in [3.63, 3.8) is 0 Å². The van der Waals surface area contributed by atoms with Crippen LogP contribution in [0.5, 0.6) is 23.0 Å². The van der Waals surface area contributed by atoms with Crippen molar-refractivity contribution in [2.45, 2.75) is 198 Å². The first-order chi connectivity index (χ1) is 47.2. The predicted octanol–water partition coefficient (Wildman–Crippen LogP) is 16.5. The van der Waals surface area contributed by atoms with Crippen LogP contribution in [0.3, 0.4) is 0 Å². The summed E-state index contributed by atoms with van der Waals surface area (Å²) in [6.45, 7) is 12.2. The van der Waals surface area contributed by atoms with E-state index in [2.05, 4.69) is 49.6 Å². The Bertz CT molecular complexity index is 3740. The average Bonchev–Trinajstić information content (AvgIpc) is 0.754. The van der Waals surface area contributed by atoms with Crippen LogP contribution >= 0.6 is 0 Å². The quantitative estimate of drug-likeness (QED) is 0.0422. The van der Waals surface area contributed by atoms with Gasteiger partial charge in [-0.3, -0.25) is 10.1 Å². The molecular formula is C79H98N6O13. The summed E-state index contributed by atoms with van der Waals surface area (Å²) in [6, 6.07) is 42.3. The number of ether oxygens (including phenoxy) is 6. The average molecular weight is 1340 g/mol. The molecule has 0 radical (unpaired) electrons. The number of fused-ring (bicyclic) bond motifs is 12. The molecule has 19 nitrogen and oxygen atoms in total. The Morgan fingerprint density at radius 2 is 0.857 bits per heavy atom. The number of nitrogens with zero attached hydrogens (tertiary/aromatic N) is 3. The topological polar surface area (TPSA) is 240 Å². The minimum atomic E-state index is -0.940. The molecule has 3 fully saturated rings. The predicted molar refractivity (Wildman–Crippen MR) is 376 cm³/mol. The molecule has 0 unspecified atom stereocenters. The van der Waals surface area contributed by atoms with Gasteiger partial charge in [-0.1, -0.05) is 157 Å². The lowest BCUT2D eigenvalue weighted by atomic mass is 9.59.